The van der Waals surface area contributed by atoms with Crippen molar-refractivity contribution >= 4 is 52.1 Å². The van der Waals surface area contributed by atoms with E-state index >= 15 is 0 Å². The zero-order chi connectivity index (χ0) is 23.5. The number of nitrogens with zero attached hydrogens (tertiary/aromatic N) is 2. The molecule has 2 saturated carbocycles. The fraction of sp³-hybridized carbons (Fsp3) is 0.462. The van der Waals surface area contributed by atoms with Crippen molar-refractivity contribution < 1.29 is 4.79 Å². The second-order valence-electron chi connectivity index (χ2n) is 10.4. The number of anilines is 1. The van der Waals surface area contributed by atoms with Crippen molar-refractivity contribution in [1.29, 1.82) is 0 Å². The number of carbonyl (C=O) groups excluding carboxylic acids is 1. The lowest BCUT2D eigenvalue weighted by Gasteiger charge is -2.39. The van der Waals surface area contributed by atoms with E-state index in [1.165, 1.54) is 6.42 Å². The third-order valence-electron chi connectivity index (χ3n) is 8.68. The molecule has 174 valence electrons. The van der Waals surface area contributed by atoms with Crippen LogP contribution in [0.25, 0.3) is 0 Å². The van der Waals surface area contributed by atoms with Crippen LogP contribution in [0.5, 0.6) is 0 Å². The highest BCUT2D eigenvalue weighted by molar-refractivity contribution is 6.40. The molecule has 2 aliphatic carbocycles. The van der Waals surface area contributed by atoms with E-state index in [1.54, 1.807) is 12.1 Å². The molecule has 2 aromatic rings. The summed E-state index contributed by atoms with van der Waals surface area (Å²) < 4.78 is 0. The Hall–Kier alpha value is -1.75. The number of hydrogen-bond donors (Lipinski definition) is 1. The topological polar surface area (TPSA) is 44.7 Å². The number of halogens is 3. The molecule has 4 nitrogen and oxygen atoms in total. The molecule has 7 heteroatoms. The molecule has 33 heavy (non-hydrogen) atoms. The number of benzene rings is 2. The Balaban J connectivity index is 1.44. The number of nitrogens with one attached hydrogen (secondary N) is 1. The molecule has 0 spiro atoms. The third kappa shape index (κ3) is 3.75. The van der Waals surface area contributed by atoms with E-state index in [-0.39, 0.29) is 28.8 Å². The van der Waals surface area contributed by atoms with E-state index in [4.69, 9.17) is 39.9 Å². The standard InChI is InChI=1S/C26H28Cl3N3O/c1-25(2)16-10-11-26(25,3)23(12-16)30-24(33)20-14-22(15-4-6-17(27)7-5-15)32(31-20)21-9-8-18(28)13-19(21)29/h4-9,13,16,22-23H,10-12,14H2,1-3H3,(H,30,33)/t16-,22?,23+,26+/m1/s1. The molecule has 1 amide bonds. The first-order valence-corrected chi connectivity index (χ1v) is 12.6. The Bertz CT molecular complexity index is 1130. The van der Waals surface area contributed by atoms with E-state index < -0.39 is 0 Å². The van der Waals surface area contributed by atoms with E-state index in [2.05, 4.69) is 26.1 Å². The normalized spacial score (nSPS) is 29.9. The van der Waals surface area contributed by atoms with Gasteiger partial charge in [0.05, 0.1) is 16.8 Å². The Morgan fingerprint density at radius 1 is 1.06 bits per heavy atom. The van der Waals surface area contributed by atoms with Crippen molar-refractivity contribution in [3.8, 4) is 0 Å². The van der Waals surface area contributed by atoms with Gasteiger partial charge < -0.3 is 5.32 Å². The Morgan fingerprint density at radius 3 is 2.36 bits per heavy atom. The van der Waals surface area contributed by atoms with Crippen LogP contribution in [0.3, 0.4) is 0 Å². The van der Waals surface area contributed by atoms with E-state index in [0.29, 0.717) is 33.1 Å². The summed E-state index contributed by atoms with van der Waals surface area (Å²) in [5.41, 5.74) is 2.60. The molecule has 1 heterocycles. The van der Waals surface area contributed by atoms with Gasteiger partial charge in [0.1, 0.15) is 5.71 Å². The Labute approximate surface area is 210 Å². The first kappa shape index (κ1) is 23.0. The molecule has 4 atom stereocenters. The summed E-state index contributed by atoms with van der Waals surface area (Å²) in [5.74, 6) is 0.570. The van der Waals surface area contributed by atoms with Gasteiger partial charge in [-0.25, -0.2) is 0 Å². The van der Waals surface area contributed by atoms with Gasteiger partial charge in [-0.3, -0.25) is 9.80 Å². The molecule has 2 bridgehead atoms. The first-order chi connectivity index (χ1) is 15.6. The van der Waals surface area contributed by atoms with Crippen LogP contribution < -0.4 is 10.3 Å². The van der Waals surface area contributed by atoms with Crippen LogP contribution >= 0.6 is 34.8 Å². The minimum Gasteiger partial charge on any atom is -0.348 e. The number of hydrazone groups is 1. The molecular weight excluding hydrogens is 477 g/mol. The molecule has 2 aromatic carbocycles. The SMILES string of the molecule is CC1(C)[C@@H]2CC[C@@]1(C)[C@@H](NC(=O)C1=NN(c3ccc(Cl)cc3Cl)C(c3ccc(Cl)cc3)C1)C2. The third-order valence-corrected chi connectivity index (χ3v) is 9.47. The lowest BCUT2D eigenvalue weighted by Crippen LogP contribution is -2.48. The number of carbonyl (C=O) groups is 1. The minimum atomic E-state index is -0.159. The highest BCUT2D eigenvalue weighted by atomic mass is 35.5. The molecule has 1 aliphatic heterocycles. The van der Waals surface area contributed by atoms with Crippen LogP contribution in [0.2, 0.25) is 15.1 Å². The zero-order valence-corrected chi connectivity index (χ0v) is 21.3. The van der Waals surface area contributed by atoms with Crippen molar-refractivity contribution in [2.45, 2.75) is 58.5 Å². The summed E-state index contributed by atoms with van der Waals surface area (Å²) in [4.78, 5) is 13.4. The summed E-state index contributed by atoms with van der Waals surface area (Å²) >= 11 is 18.8. The summed E-state index contributed by atoms with van der Waals surface area (Å²) in [6.07, 6.45) is 3.93. The van der Waals surface area contributed by atoms with Crippen LogP contribution in [0.15, 0.2) is 47.6 Å². The van der Waals surface area contributed by atoms with Crippen molar-refractivity contribution in [2.24, 2.45) is 21.8 Å². The van der Waals surface area contributed by atoms with E-state index in [1.807, 2.05) is 35.3 Å². The summed E-state index contributed by atoms with van der Waals surface area (Å²) in [6.45, 7) is 7.03. The summed E-state index contributed by atoms with van der Waals surface area (Å²) in [7, 11) is 0. The predicted octanol–water partition coefficient (Wildman–Crippen LogP) is 7.29. The van der Waals surface area contributed by atoms with Gasteiger partial charge in [-0.05, 0) is 71.9 Å². The van der Waals surface area contributed by atoms with Crippen LogP contribution in [-0.4, -0.2) is 17.7 Å². The number of hydrogen-bond acceptors (Lipinski definition) is 3. The van der Waals surface area contributed by atoms with Gasteiger partial charge in [-0.15, -0.1) is 0 Å². The molecule has 0 aromatic heterocycles. The molecule has 2 fully saturated rings. The summed E-state index contributed by atoms with van der Waals surface area (Å²) in [6, 6.07) is 13.0. The van der Waals surface area contributed by atoms with E-state index in [0.717, 1.165) is 24.1 Å². The number of rotatable bonds is 4. The van der Waals surface area contributed by atoms with Crippen LogP contribution in [0.4, 0.5) is 5.69 Å². The monoisotopic (exact) mass is 503 g/mol. The number of fused-ring (bicyclic) bond motifs is 2. The molecular formula is C26H28Cl3N3O. The van der Waals surface area contributed by atoms with Crippen molar-refractivity contribution in [3.63, 3.8) is 0 Å². The average Bonchev–Trinajstić information content (AvgIpc) is 3.34. The van der Waals surface area contributed by atoms with Gasteiger partial charge in [0, 0.05) is 22.5 Å². The maximum Gasteiger partial charge on any atom is 0.267 e. The van der Waals surface area contributed by atoms with Crippen molar-refractivity contribution in [1.82, 2.24) is 5.32 Å². The largest absolute Gasteiger partial charge is 0.348 e. The molecule has 0 saturated heterocycles. The quantitative estimate of drug-likeness (QED) is 0.475. The lowest BCUT2D eigenvalue weighted by atomic mass is 9.69. The van der Waals surface area contributed by atoms with Crippen molar-refractivity contribution in [2.75, 3.05) is 5.01 Å². The summed E-state index contributed by atoms with van der Waals surface area (Å²) in [5, 5.41) is 11.7. The van der Waals surface area contributed by atoms with Gasteiger partial charge in [0.15, 0.2) is 0 Å². The predicted molar refractivity (Wildman–Crippen MR) is 136 cm³/mol. The van der Waals surface area contributed by atoms with Gasteiger partial charge in [-0.2, -0.15) is 5.10 Å². The smallest absolute Gasteiger partial charge is 0.267 e. The maximum absolute atomic E-state index is 13.4. The van der Waals surface area contributed by atoms with Crippen LogP contribution in [0, 0.1) is 16.7 Å². The van der Waals surface area contributed by atoms with Gasteiger partial charge in [0.25, 0.3) is 5.91 Å². The second-order valence-corrected chi connectivity index (χ2v) is 11.7. The van der Waals surface area contributed by atoms with Gasteiger partial charge in [-0.1, -0.05) is 67.7 Å². The zero-order valence-electron chi connectivity index (χ0n) is 19.0. The average molecular weight is 505 g/mol. The molecule has 0 radical (unpaired) electrons. The second kappa shape index (κ2) is 8.18. The van der Waals surface area contributed by atoms with Crippen LogP contribution in [-0.2, 0) is 4.79 Å². The Morgan fingerprint density at radius 2 is 1.76 bits per heavy atom. The Kier molecular flexibility index (Phi) is 5.70. The fourth-order valence-corrected chi connectivity index (χ4v) is 6.77. The first-order valence-electron chi connectivity index (χ1n) is 11.5. The molecule has 3 aliphatic rings. The molecule has 5 rings (SSSR count). The van der Waals surface area contributed by atoms with Crippen LogP contribution in [0.1, 0.15) is 58.1 Å². The minimum absolute atomic E-state index is 0.0869. The van der Waals surface area contributed by atoms with E-state index in [9.17, 15) is 4.79 Å². The highest BCUT2D eigenvalue weighted by Gasteiger charge is 2.61. The van der Waals surface area contributed by atoms with Gasteiger partial charge in [0.2, 0.25) is 0 Å². The fourth-order valence-electron chi connectivity index (χ4n) is 6.14. The lowest BCUT2D eigenvalue weighted by molar-refractivity contribution is -0.116. The number of amides is 1. The van der Waals surface area contributed by atoms with Gasteiger partial charge >= 0.3 is 0 Å². The molecule has 1 N–H and O–H groups in total. The molecule has 1 unspecified atom stereocenters. The maximum atomic E-state index is 13.4. The van der Waals surface area contributed by atoms with Crippen molar-refractivity contribution in [3.05, 3.63) is 63.1 Å². The highest BCUT2D eigenvalue weighted by Crippen LogP contribution is 2.65.